The first-order valence-electron chi connectivity index (χ1n) is 11.6. The van der Waals surface area contributed by atoms with Crippen molar-refractivity contribution >= 4 is 53.1 Å². The van der Waals surface area contributed by atoms with E-state index in [9.17, 15) is 19.2 Å². The molecule has 0 spiro atoms. The molecule has 0 saturated carbocycles. The Labute approximate surface area is 217 Å². The molecule has 3 rings (SSSR count). The van der Waals surface area contributed by atoms with Crippen molar-refractivity contribution < 1.29 is 14.4 Å². The Bertz CT molecular complexity index is 1310. The van der Waals surface area contributed by atoms with Gasteiger partial charge in [0.2, 0.25) is 17.8 Å². The predicted molar refractivity (Wildman–Crippen MR) is 142 cm³/mol. The Morgan fingerprint density at radius 3 is 2.59 bits per heavy atom. The number of nitrogens with two attached hydrogens (primary N) is 1. The van der Waals surface area contributed by atoms with Crippen molar-refractivity contribution in [2.75, 3.05) is 29.9 Å². The Kier molecular flexibility index (Phi) is 9.77. The van der Waals surface area contributed by atoms with Gasteiger partial charge in [-0.3, -0.25) is 24.2 Å². The lowest BCUT2D eigenvalue weighted by Gasteiger charge is -2.13. The van der Waals surface area contributed by atoms with Gasteiger partial charge in [0.05, 0.1) is 18.4 Å². The molecule has 0 fully saturated rings. The number of nitrogen functional groups attached to an aromatic ring is 1. The Morgan fingerprint density at radius 2 is 1.86 bits per heavy atom. The molecular formula is C23H29N9O4S. The van der Waals surface area contributed by atoms with Crippen LogP contribution in [0.25, 0.3) is 11.2 Å². The quantitative estimate of drug-likeness (QED) is 0.125. The number of aromatic amines is 1. The average Bonchev–Trinajstić information content (AvgIpc) is 2.88. The van der Waals surface area contributed by atoms with Crippen molar-refractivity contribution in [3.63, 3.8) is 0 Å². The zero-order valence-electron chi connectivity index (χ0n) is 20.2. The van der Waals surface area contributed by atoms with Gasteiger partial charge in [0, 0.05) is 36.5 Å². The molecule has 3 amide bonds. The number of thiol groups is 1. The lowest BCUT2D eigenvalue weighted by Crippen LogP contribution is -2.45. The molecule has 2 aromatic heterocycles. The van der Waals surface area contributed by atoms with Crippen molar-refractivity contribution in [1.29, 1.82) is 0 Å². The number of amides is 3. The number of anilines is 2. The molecule has 37 heavy (non-hydrogen) atoms. The highest BCUT2D eigenvalue weighted by atomic mass is 32.1. The number of hydrogen-bond donors (Lipinski definition) is 7. The molecule has 1 atom stereocenters. The number of carbonyl (C=O) groups is 3. The number of fused-ring (bicyclic) bond motifs is 1. The van der Waals surface area contributed by atoms with E-state index < -0.39 is 11.6 Å². The third kappa shape index (κ3) is 8.17. The maximum Gasteiger partial charge on any atom is 0.280 e. The predicted octanol–water partition coefficient (Wildman–Crippen LogP) is -0.0319. The summed E-state index contributed by atoms with van der Waals surface area (Å²) in [5.74, 6) is -0.304. The summed E-state index contributed by atoms with van der Waals surface area (Å²) in [6.07, 6.45) is 2.11. The fourth-order valence-corrected chi connectivity index (χ4v) is 3.36. The zero-order chi connectivity index (χ0) is 26.8. The van der Waals surface area contributed by atoms with Gasteiger partial charge < -0.3 is 27.0 Å². The topological polar surface area (TPSA) is 197 Å². The number of nitrogens with zero attached hydrogens (tertiary/aromatic N) is 3. The van der Waals surface area contributed by atoms with Gasteiger partial charge in [0.25, 0.3) is 11.5 Å². The van der Waals surface area contributed by atoms with Gasteiger partial charge in [-0.05, 0) is 37.6 Å². The summed E-state index contributed by atoms with van der Waals surface area (Å²) in [4.78, 5) is 62.8. The summed E-state index contributed by atoms with van der Waals surface area (Å²) in [5, 5.41) is 11.2. The van der Waals surface area contributed by atoms with Crippen LogP contribution in [0.1, 0.15) is 35.8 Å². The van der Waals surface area contributed by atoms with Crippen LogP contribution in [0.3, 0.4) is 0 Å². The maximum atomic E-state index is 12.4. The van der Waals surface area contributed by atoms with Crippen LogP contribution in [-0.2, 0) is 16.1 Å². The van der Waals surface area contributed by atoms with Gasteiger partial charge >= 0.3 is 0 Å². The van der Waals surface area contributed by atoms with Crippen LogP contribution in [0, 0.1) is 0 Å². The lowest BCUT2D eigenvalue weighted by atomic mass is 10.2. The minimum Gasteiger partial charge on any atom is -0.379 e. The van der Waals surface area contributed by atoms with Crippen molar-refractivity contribution in [3.05, 3.63) is 52.1 Å². The molecule has 0 bridgehead atoms. The van der Waals surface area contributed by atoms with Gasteiger partial charge in [-0.1, -0.05) is 0 Å². The molecule has 2 heterocycles. The minimum atomic E-state index is -0.638. The molecule has 196 valence electrons. The van der Waals surface area contributed by atoms with E-state index in [0.29, 0.717) is 43.1 Å². The lowest BCUT2D eigenvalue weighted by molar-refractivity contribution is -0.128. The van der Waals surface area contributed by atoms with E-state index in [4.69, 9.17) is 5.73 Å². The normalized spacial score (nSPS) is 11.5. The van der Waals surface area contributed by atoms with Crippen LogP contribution in [-0.4, -0.2) is 62.5 Å². The van der Waals surface area contributed by atoms with E-state index in [-0.39, 0.29) is 41.3 Å². The second-order valence-corrected chi connectivity index (χ2v) is 8.53. The van der Waals surface area contributed by atoms with Crippen molar-refractivity contribution in [1.82, 2.24) is 35.9 Å². The summed E-state index contributed by atoms with van der Waals surface area (Å²) < 4.78 is 0. The molecule has 3 aromatic rings. The van der Waals surface area contributed by atoms with Gasteiger partial charge in [-0.15, -0.1) is 0 Å². The van der Waals surface area contributed by atoms with E-state index >= 15 is 0 Å². The first-order chi connectivity index (χ1) is 17.8. The highest BCUT2D eigenvalue weighted by Crippen LogP contribution is 2.11. The number of H-pyrrole nitrogens is 1. The summed E-state index contributed by atoms with van der Waals surface area (Å²) >= 11 is 4.02. The average molecular weight is 528 g/mol. The molecule has 0 aliphatic heterocycles. The van der Waals surface area contributed by atoms with E-state index in [1.165, 1.54) is 6.20 Å². The summed E-state index contributed by atoms with van der Waals surface area (Å²) in [7, 11) is 0. The third-order valence-corrected chi connectivity index (χ3v) is 5.38. The molecular weight excluding hydrogens is 498 g/mol. The second-order valence-electron chi connectivity index (χ2n) is 8.08. The molecule has 0 radical (unpaired) electrons. The molecule has 13 nitrogen and oxygen atoms in total. The van der Waals surface area contributed by atoms with E-state index in [2.05, 4.69) is 53.8 Å². The number of nitrogens with one attached hydrogen (secondary N) is 5. The molecule has 0 saturated heterocycles. The fraction of sp³-hybridized carbons (Fsp3) is 0.348. The Morgan fingerprint density at radius 1 is 1.11 bits per heavy atom. The molecule has 0 unspecified atom stereocenters. The van der Waals surface area contributed by atoms with Crippen LogP contribution < -0.4 is 32.6 Å². The van der Waals surface area contributed by atoms with Gasteiger partial charge in [-0.25, -0.2) is 9.97 Å². The van der Waals surface area contributed by atoms with Crippen LogP contribution in [0.5, 0.6) is 0 Å². The van der Waals surface area contributed by atoms with Crippen LogP contribution in [0.15, 0.2) is 35.3 Å². The SMILES string of the molecule is C[C@H](NC(=O)CCCNC(=O)c1ccc(NCc2cnc3nc(N)[nH]c(=O)c3n2)cc1)C(=O)NCCS. The Balaban J connectivity index is 1.41. The number of carbonyl (C=O) groups excluding carboxylic acids is 3. The van der Waals surface area contributed by atoms with Gasteiger partial charge in [0.15, 0.2) is 11.2 Å². The summed E-state index contributed by atoms with van der Waals surface area (Å²) in [5.41, 5.74) is 7.05. The monoisotopic (exact) mass is 527 g/mol. The summed E-state index contributed by atoms with van der Waals surface area (Å²) in [6.45, 7) is 2.65. The summed E-state index contributed by atoms with van der Waals surface area (Å²) in [6, 6.07) is 6.18. The molecule has 0 aliphatic carbocycles. The zero-order valence-corrected chi connectivity index (χ0v) is 21.1. The standard InChI is InChI=1S/C23H29N9O4S/c1-13(20(34)26-9-10-37)29-17(33)3-2-8-25-21(35)14-4-6-15(7-5-14)27-11-16-12-28-19-18(30-16)22(36)32-23(24)31-19/h4-7,12-13,27,37H,2-3,8-11H2,1H3,(H,25,35)(H,26,34)(H,29,33)(H3,24,28,31,32,36)/t13-/m0/s1. The second kappa shape index (κ2) is 13.2. The first-order valence-corrected chi connectivity index (χ1v) is 12.2. The van der Waals surface area contributed by atoms with Crippen molar-refractivity contribution in [2.24, 2.45) is 0 Å². The highest BCUT2D eigenvalue weighted by Gasteiger charge is 2.14. The van der Waals surface area contributed by atoms with Crippen LogP contribution in [0.2, 0.25) is 0 Å². The van der Waals surface area contributed by atoms with E-state index in [1.54, 1.807) is 31.2 Å². The van der Waals surface area contributed by atoms with Gasteiger partial charge in [-0.2, -0.15) is 17.6 Å². The largest absolute Gasteiger partial charge is 0.379 e. The minimum absolute atomic E-state index is 0.0246. The molecule has 7 N–H and O–H groups in total. The number of benzene rings is 1. The molecule has 0 aliphatic rings. The van der Waals surface area contributed by atoms with Crippen molar-refractivity contribution in [3.8, 4) is 0 Å². The van der Waals surface area contributed by atoms with E-state index in [0.717, 1.165) is 5.69 Å². The third-order valence-electron chi connectivity index (χ3n) is 5.15. The van der Waals surface area contributed by atoms with Crippen molar-refractivity contribution in [2.45, 2.75) is 32.4 Å². The fourth-order valence-electron chi connectivity index (χ4n) is 3.25. The van der Waals surface area contributed by atoms with Crippen LogP contribution >= 0.6 is 12.6 Å². The maximum absolute atomic E-state index is 12.4. The Hall–Kier alpha value is -4.20. The number of hydrogen-bond acceptors (Lipinski definition) is 10. The van der Waals surface area contributed by atoms with Gasteiger partial charge in [0.1, 0.15) is 6.04 Å². The number of rotatable bonds is 12. The smallest absolute Gasteiger partial charge is 0.280 e. The molecule has 14 heteroatoms. The first kappa shape index (κ1) is 27.4. The highest BCUT2D eigenvalue weighted by molar-refractivity contribution is 7.80. The number of aromatic nitrogens is 4. The molecule has 1 aromatic carbocycles. The van der Waals surface area contributed by atoms with Crippen LogP contribution in [0.4, 0.5) is 11.6 Å². The van der Waals surface area contributed by atoms with E-state index in [1.807, 2.05) is 0 Å².